The molecule has 0 bridgehead atoms. The highest BCUT2D eigenvalue weighted by molar-refractivity contribution is 5.63. The van der Waals surface area contributed by atoms with E-state index in [-0.39, 0.29) is 5.54 Å². The lowest BCUT2D eigenvalue weighted by Crippen LogP contribution is -2.37. The minimum absolute atomic E-state index is 0.259. The maximum absolute atomic E-state index is 4.04. The Morgan fingerprint density at radius 1 is 0.792 bits per heavy atom. The molecule has 0 aromatic heterocycles. The van der Waals surface area contributed by atoms with E-state index in [1.165, 1.54) is 22.3 Å². The van der Waals surface area contributed by atoms with Crippen molar-refractivity contribution in [3.63, 3.8) is 0 Å². The van der Waals surface area contributed by atoms with Crippen molar-refractivity contribution in [3.8, 4) is 11.1 Å². The van der Waals surface area contributed by atoms with Gasteiger partial charge in [0.05, 0.1) is 5.54 Å². The molecule has 0 aliphatic rings. The largest absolute Gasteiger partial charge is 0.300 e. The van der Waals surface area contributed by atoms with Crippen LogP contribution < -0.4 is 5.32 Å². The van der Waals surface area contributed by atoms with E-state index in [0.717, 1.165) is 6.54 Å². The zero-order chi connectivity index (χ0) is 16.8. The summed E-state index contributed by atoms with van der Waals surface area (Å²) < 4.78 is 0. The Bertz CT molecular complexity index is 775. The van der Waals surface area contributed by atoms with Gasteiger partial charge in [-0.1, -0.05) is 91.0 Å². The lowest BCUT2D eigenvalue weighted by molar-refractivity contribution is 0.453. The Hall–Kier alpha value is -2.64. The highest BCUT2D eigenvalue weighted by atomic mass is 15.0. The van der Waals surface area contributed by atoms with Crippen molar-refractivity contribution in [1.29, 1.82) is 0 Å². The van der Waals surface area contributed by atoms with Crippen LogP contribution in [0.3, 0.4) is 0 Å². The van der Waals surface area contributed by atoms with E-state index in [9.17, 15) is 0 Å². The summed E-state index contributed by atoms with van der Waals surface area (Å²) in [6, 6.07) is 29.6. The fraction of sp³-hybridized carbons (Fsp3) is 0.130. The van der Waals surface area contributed by atoms with Gasteiger partial charge in [-0.25, -0.2) is 0 Å². The number of nitrogens with one attached hydrogen (secondary N) is 1. The van der Waals surface area contributed by atoms with Crippen molar-refractivity contribution >= 4 is 0 Å². The fourth-order valence-electron chi connectivity index (χ4n) is 2.81. The van der Waals surface area contributed by atoms with Gasteiger partial charge in [0.15, 0.2) is 0 Å². The molecule has 0 spiro atoms. The molecule has 0 amide bonds. The Morgan fingerprint density at radius 2 is 1.33 bits per heavy atom. The second-order valence-electron chi connectivity index (χ2n) is 6.19. The van der Waals surface area contributed by atoms with Crippen LogP contribution in [0.15, 0.2) is 97.6 Å². The van der Waals surface area contributed by atoms with Crippen molar-refractivity contribution in [2.24, 2.45) is 0 Å². The van der Waals surface area contributed by atoms with Gasteiger partial charge in [-0.05, 0) is 29.2 Å². The van der Waals surface area contributed by atoms with Crippen LogP contribution in [0.1, 0.15) is 18.1 Å². The lowest BCUT2D eigenvalue weighted by Gasteiger charge is -2.28. The van der Waals surface area contributed by atoms with Gasteiger partial charge in [0.2, 0.25) is 0 Å². The first-order valence-electron chi connectivity index (χ1n) is 8.30. The molecule has 0 saturated heterocycles. The molecule has 0 aliphatic heterocycles. The van der Waals surface area contributed by atoms with Crippen molar-refractivity contribution in [3.05, 3.63) is 109 Å². The second-order valence-corrected chi connectivity index (χ2v) is 6.19. The molecule has 0 aliphatic carbocycles. The third-order valence-corrected chi connectivity index (χ3v) is 4.50. The molecule has 24 heavy (non-hydrogen) atoms. The van der Waals surface area contributed by atoms with Crippen LogP contribution in [0.4, 0.5) is 0 Å². The first kappa shape index (κ1) is 16.2. The minimum atomic E-state index is -0.259. The van der Waals surface area contributed by atoms with E-state index in [1.54, 1.807) is 0 Å². The zero-order valence-electron chi connectivity index (χ0n) is 14.1. The summed E-state index contributed by atoms with van der Waals surface area (Å²) >= 11 is 0. The highest BCUT2D eigenvalue weighted by Gasteiger charge is 2.21. The average Bonchev–Trinajstić information content (AvgIpc) is 2.68. The monoisotopic (exact) mass is 313 g/mol. The third-order valence-electron chi connectivity index (χ3n) is 4.50. The van der Waals surface area contributed by atoms with Gasteiger partial charge in [0, 0.05) is 6.54 Å². The standard InChI is InChI=1S/C23H23N/c1-3-23(2,24-18-19-10-6-4-7-11-19)22-16-14-21(15-17-22)20-12-8-5-9-13-20/h3-17,24H,1,18H2,2H3/t23-/m0/s1. The van der Waals surface area contributed by atoms with Crippen molar-refractivity contribution in [2.75, 3.05) is 0 Å². The summed E-state index contributed by atoms with van der Waals surface area (Å²) in [5.74, 6) is 0. The Balaban J connectivity index is 1.78. The van der Waals surface area contributed by atoms with Crippen LogP contribution in [0.25, 0.3) is 11.1 Å². The molecule has 120 valence electrons. The van der Waals surface area contributed by atoms with E-state index in [4.69, 9.17) is 0 Å². The van der Waals surface area contributed by atoms with Crippen molar-refractivity contribution in [2.45, 2.75) is 19.0 Å². The Kier molecular flexibility index (Phi) is 4.93. The van der Waals surface area contributed by atoms with Crippen LogP contribution in [-0.2, 0) is 12.1 Å². The van der Waals surface area contributed by atoms with Gasteiger partial charge in [0.1, 0.15) is 0 Å². The number of hydrogen-bond donors (Lipinski definition) is 1. The van der Waals surface area contributed by atoms with Gasteiger partial charge in [-0.3, -0.25) is 0 Å². The maximum atomic E-state index is 4.04. The molecule has 3 aromatic carbocycles. The molecule has 1 N–H and O–H groups in total. The smallest absolute Gasteiger partial charge is 0.0591 e. The van der Waals surface area contributed by atoms with Crippen LogP contribution in [0.5, 0.6) is 0 Å². The van der Waals surface area contributed by atoms with Gasteiger partial charge in [-0.15, -0.1) is 6.58 Å². The lowest BCUT2D eigenvalue weighted by atomic mass is 9.90. The summed E-state index contributed by atoms with van der Waals surface area (Å²) in [4.78, 5) is 0. The van der Waals surface area contributed by atoms with Crippen LogP contribution in [0, 0.1) is 0 Å². The topological polar surface area (TPSA) is 12.0 Å². The fourth-order valence-corrected chi connectivity index (χ4v) is 2.81. The predicted octanol–water partition coefficient (Wildman–Crippen LogP) is 5.54. The average molecular weight is 313 g/mol. The molecule has 3 aromatic rings. The zero-order valence-corrected chi connectivity index (χ0v) is 14.1. The van der Waals surface area contributed by atoms with Crippen molar-refractivity contribution in [1.82, 2.24) is 5.32 Å². The van der Waals surface area contributed by atoms with Crippen LogP contribution in [0.2, 0.25) is 0 Å². The SMILES string of the molecule is C=C[C@](C)(NCc1ccccc1)c1ccc(-c2ccccc2)cc1. The molecular formula is C23H23N. The molecule has 0 heterocycles. The van der Waals surface area contributed by atoms with E-state index in [1.807, 2.05) is 18.2 Å². The Labute approximate surface area is 144 Å². The predicted molar refractivity (Wildman–Crippen MR) is 103 cm³/mol. The first-order valence-corrected chi connectivity index (χ1v) is 8.30. The molecule has 3 rings (SSSR count). The van der Waals surface area contributed by atoms with Gasteiger partial charge >= 0.3 is 0 Å². The van der Waals surface area contributed by atoms with Gasteiger partial charge in [-0.2, -0.15) is 0 Å². The third kappa shape index (κ3) is 3.64. The molecular weight excluding hydrogens is 290 g/mol. The van der Waals surface area contributed by atoms with Crippen LogP contribution >= 0.6 is 0 Å². The number of hydrogen-bond acceptors (Lipinski definition) is 1. The number of rotatable bonds is 6. The van der Waals surface area contributed by atoms with Gasteiger partial charge in [0.25, 0.3) is 0 Å². The summed E-state index contributed by atoms with van der Waals surface area (Å²) in [6.07, 6.45) is 1.98. The summed E-state index contributed by atoms with van der Waals surface area (Å²) in [6.45, 7) is 7.02. The van der Waals surface area contributed by atoms with E-state index >= 15 is 0 Å². The quantitative estimate of drug-likeness (QED) is 0.589. The number of benzene rings is 3. The molecule has 0 radical (unpaired) electrons. The molecule has 1 atom stereocenters. The highest BCUT2D eigenvalue weighted by Crippen LogP contribution is 2.26. The maximum Gasteiger partial charge on any atom is 0.0591 e. The molecule has 1 heteroatoms. The summed E-state index contributed by atoms with van der Waals surface area (Å²) in [7, 11) is 0. The minimum Gasteiger partial charge on any atom is -0.300 e. The first-order chi connectivity index (χ1) is 11.7. The molecule has 0 fully saturated rings. The Morgan fingerprint density at radius 3 is 1.92 bits per heavy atom. The van der Waals surface area contributed by atoms with E-state index in [0.29, 0.717) is 0 Å². The summed E-state index contributed by atoms with van der Waals surface area (Å²) in [5, 5.41) is 3.62. The molecule has 0 unspecified atom stereocenters. The van der Waals surface area contributed by atoms with Gasteiger partial charge < -0.3 is 5.32 Å². The second kappa shape index (κ2) is 7.29. The molecule has 1 nitrogen and oxygen atoms in total. The summed E-state index contributed by atoms with van der Waals surface area (Å²) in [5.41, 5.74) is 4.69. The molecule has 0 saturated carbocycles. The van der Waals surface area contributed by atoms with Crippen molar-refractivity contribution < 1.29 is 0 Å². The van der Waals surface area contributed by atoms with Crippen LogP contribution in [-0.4, -0.2) is 0 Å². The normalized spacial score (nSPS) is 13.2. The van der Waals surface area contributed by atoms with E-state index < -0.39 is 0 Å². The van der Waals surface area contributed by atoms with E-state index in [2.05, 4.69) is 91.6 Å².